The summed E-state index contributed by atoms with van der Waals surface area (Å²) in [6.07, 6.45) is 0.230. The van der Waals surface area contributed by atoms with Crippen molar-refractivity contribution in [2.75, 3.05) is 27.2 Å². The first-order valence-corrected chi connectivity index (χ1v) is 8.16. The Balaban J connectivity index is 2.17. The molecule has 0 N–H and O–H groups in total. The van der Waals surface area contributed by atoms with Crippen molar-refractivity contribution >= 4 is 21.8 Å². The molecule has 1 aliphatic heterocycles. The van der Waals surface area contributed by atoms with E-state index in [1.54, 1.807) is 24.3 Å². The molecule has 0 aliphatic carbocycles. The molecular formula is C13H18ClFN2O2S. The lowest BCUT2D eigenvalue weighted by Crippen LogP contribution is -2.47. The van der Waals surface area contributed by atoms with Crippen molar-refractivity contribution in [2.45, 2.75) is 18.5 Å². The first kappa shape index (κ1) is 15.7. The molecule has 2 rings (SSSR count). The number of nitrogens with zero attached hydrogens (tertiary/aromatic N) is 2. The Bertz CT molecular complexity index is 584. The van der Waals surface area contributed by atoms with Gasteiger partial charge < -0.3 is 0 Å². The highest BCUT2D eigenvalue weighted by Crippen LogP contribution is 2.40. The molecule has 0 bridgehead atoms. The van der Waals surface area contributed by atoms with Crippen LogP contribution >= 0.6 is 11.6 Å². The molecule has 1 heterocycles. The Labute approximate surface area is 124 Å². The fourth-order valence-electron chi connectivity index (χ4n) is 2.40. The van der Waals surface area contributed by atoms with Crippen LogP contribution in [0.15, 0.2) is 24.3 Å². The highest BCUT2D eigenvalue weighted by atomic mass is 35.5. The lowest BCUT2D eigenvalue weighted by molar-refractivity contribution is 0.0853. The molecule has 4 nitrogen and oxygen atoms in total. The van der Waals surface area contributed by atoms with Gasteiger partial charge in [-0.05, 0) is 18.9 Å². The maximum atomic E-state index is 15.0. The zero-order valence-electron chi connectivity index (χ0n) is 11.5. The highest BCUT2D eigenvalue weighted by Gasteiger charge is 2.41. The van der Waals surface area contributed by atoms with Gasteiger partial charge in [-0.1, -0.05) is 29.8 Å². The van der Waals surface area contributed by atoms with Crippen LogP contribution in [0.25, 0.3) is 0 Å². The molecule has 0 aromatic heterocycles. The van der Waals surface area contributed by atoms with E-state index in [1.807, 2.05) is 0 Å². The smallest absolute Gasteiger partial charge is 0.239 e. The number of hydrogen-bond donors (Lipinski definition) is 0. The molecule has 1 aromatic carbocycles. The van der Waals surface area contributed by atoms with E-state index in [1.165, 1.54) is 18.4 Å². The second kappa shape index (κ2) is 5.60. The van der Waals surface area contributed by atoms with Crippen molar-refractivity contribution in [3.8, 4) is 0 Å². The largest absolute Gasteiger partial charge is 0.281 e. The first-order valence-electron chi connectivity index (χ1n) is 6.39. The Morgan fingerprint density at radius 2 is 1.80 bits per heavy atom. The number of benzene rings is 1. The number of hydrogen-bond acceptors (Lipinski definition) is 2. The molecule has 1 fully saturated rings. The minimum Gasteiger partial charge on any atom is -0.239 e. The predicted molar refractivity (Wildman–Crippen MR) is 77.7 cm³/mol. The molecule has 7 heteroatoms. The van der Waals surface area contributed by atoms with E-state index in [2.05, 4.69) is 0 Å². The van der Waals surface area contributed by atoms with Gasteiger partial charge in [0.15, 0.2) is 0 Å². The topological polar surface area (TPSA) is 40.6 Å². The van der Waals surface area contributed by atoms with Crippen molar-refractivity contribution < 1.29 is 12.8 Å². The van der Waals surface area contributed by atoms with Crippen molar-refractivity contribution in [3.05, 3.63) is 34.9 Å². The van der Waals surface area contributed by atoms with E-state index in [-0.39, 0.29) is 25.9 Å². The average molecular weight is 321 g/mol. The lowest BCUT2D eigenvalue weighted by atomic mass is 9.87. The summed E-state index contributed by atoms with van der Waals surface area (Å²) < 4.78 is 41.5. The zero-order chi connectivity index (χ0) is 15.0. The third-order valence-electron chi connectivity index (χ3n) is 3.66. The third-order valence-corrected chi connectivity index (χ3v) is 5.93. The van der Waals surface area contributed by atoms with Crippen molar-refractivity contribution in [3.63, 3.8) is 0 Å². The van der Waals surface area contributed by atoms with Gasteiger partial charge >= 0.3 is 0 Å². The van der Waals surface area contributed by atoms with Gasteiger partial charge in [0.25, 0.3) is 10.2 Å². The van der Waals surface area contributed by atoms with Crippen LogP contribution in [0.1, 0.15) is 18.4 Å². The standard InChI is InChI=1S/C13H18ClFN2O2S/c1-16(2)20(18,19)17-9-7-13(15,8-10-17)11-5-3-4-6-12(11)14/h3-6H,7-10H2,1-2H3. The van der Waals surface area contributed by atoms with Gasteiger partial charge in [-0.15, -0.1) is 0 Å². The van der Waals surface area contributed by atoms with Crippen LogP contribution in [0.2, 0.25) is 5.02 Å². The van der Waals surface area contributed by atoms with Gasteiger partial charge in [-0.3, -0.25) is 0 Å². The Hall–Kier alpha value is -0.690. The molecule has 0 amide bonds. The molecule has 0 saturated carbocycles. The third kappa shape index (κ3) is 2.83. The zero-order valence-corrected chi connectivity index (χ0v) is 13.1. The second-order valence-corrected chi connectivity index (χ2v) is 7.68. The molecule has 1 saturated heterocycles. The van der Waals surface area contributed by atoms with Crippen LogP contribution in [0.4, 0.5) is 4.39 Å². The fourth-order valence-corrected chi connectivity index (χ4v) is 3.81. The van der Waals surface area contributed by atoms with Crippen LogP contribution in [0, 0.1) is 0 Å². The van der Waals surface area contributed by atoms with Gasteiger partial charge in [-0.2, -0.15) is 17.0 Å². The average Bonchev–Trinajstić information content (AvgIpc) is 2.39. The summed E-state index contributed by atoms with van der Waals surface area (Å²) in [6.45, 7) is 0.310. The van der Waals surface area contributed by atoms with E-state index in [4.69, 9.17) is 11.6 Å². The summed E-state index contributed by atoms with van der Waals surface area (Å²) in [5, 5.41) is 0.388. The van der Waals surface area contributed by atoms with E-state index >= 15 is 4.39 Å². The predicted octanol–water partition coefficient (Wildman–Crippen LogP) is 2.41. The minimum absolute atomic E-state index is 0.115. The van der Waals surface area contributed by atoms with Crippen molar-refractivity contribution in [2.24, 2.45) is 0 Å². The normalized spacial score (nSPS) is 20.2. The molecule has 20 heavy (non-hydrogen) atoms. The monoisotopic (exact) mass is 320 g/mol. The summed E-state index contributed by atoms with van der Waals surface area (Å²) in [6, 6.07) is 6.81. The SMILES string of the molecule is CN(C)S(=O)(=O)N1CCC(F)(c2ccccc2Cl)CC1. The summed E-state index contributed by atoms with van der Waals surface area (Å²) in [5.74, 6) is 0. The second-order valence-electron chi connectivity index (χ2n) is 5.13. The van der Waals surface area contributed by atoms with Gasteiger partial charge in [0.05, 0.1) is 0 Å². The van der Waals surface area contributed by atoms with E-state index in [0.717, 1.165) is 4.31 Å². The van der Waals surface area contributed by atoms with Gasteiger partial charge in [0, 0.05) is 37.8 Å². The Morgan fingerprint density at radius 1 is 1.25 bits per heavy atom. The molecule has 112 valence electrons. The number of halogens is 2. The number of piperidine rings is 1. The van der Waals surface area contributed by atoms with Crippen LogP contribution in [0.3, 0.4) is 0 Å². The summed E-state index contributed by atoms with van der Waals surface area (Å²) in [5.41, 5.74) is -1.11. The first-order chi connectivity index (χ1) is 9.27. The molecule has 0 spiro atoms. The molecule has 1 aromatic rings. The quantitative estimate of drug-likeness (QED) is 0.858. The van der Waals surface area contributed by atoms with E-state index in [9.17, 15) is 8.42 Å². The molecule has 0 radical (unpaired) electrons. The van der Waals surface area contributed by atoms with Crippen LogP contribution < -0.4 is 0 Å². The number of rotatable bonds is 3. The van der Waals surface area contributed by atoms with Gasteiger partial charge in [0.1, 0.15) is 5.67 Å². The maximum Gasteiger partial charge on any atom is 0.281 e. The van der Waals surface area contributed by atoms with E-state index < -0.39 is 15.9 Å². The maximum absolute atomic E-state index is 15.0. The summed E-state index contributed by atoms with van der Waals surface area (Å²) in [7, 11) is -0.530. The Kier molecular flexibility index (Phi) is 4.39. The Morgan fingerprint density at radius 3 is 2.30 bits per heavy atom. The lowest BCUT2D eigenvalue weighted by Gasteiger charge is -2.37. The molecular weight excluding hydrogens is 303 g/mol. The van der Waals surface area contributed by atoms with Crippen LogP contribution in [-0.4, -0.2) is 44.2 Å². The minimum atomic E-state index is -3.48. The fraction of sp³-hybridized carbons (Fsp3) is 0.538. The van der Waals surface area contributed by atoms with Gasteiger partial charge in [0.2, 0.25) is 0 Å². The number of alkyl halides is 1. The molecule has 1 aliphatic rings. The summed E-state index contributed by atoms with van der Waals surface area (Å²) >= 11 is 6.04. The molecule has 0 atom stereocenters. The van der Waals surface area contributed by atoms with Crippen LogP contribution in [-0.2, 0) is 15.9 Å². The van der Waals surface area contributed by atoms with Crippen LogP contribution in [0.5, 0.6) is 0 Å². The van der Waals surface area contributed by atoms with E-state index in [0.29, 0.717) is 10.6 Å². The highest BCUT2D eigenvalue weighted by molar-refractivity contribution is 7.86. The van der Waals surface area contributed by atoms with Crippen molar-refractivity contribution in [1.82, 2.24) is 8.61 Å². The summed E-state index contributed by atoms with van der Waals surface area (Å²) in [4.78, 5) is 0. The molecule has 0 unspecified atom stereocenters. The van der Waals surface area contributed by atoms with Crippen molar-refractivity contribution in [1.29, 1.82) is 0 Å². The van der Waals surface area contributed by atoms with Gasteiger partial charge in [-0.25, -0.2) is 4.39 Å².